The molecule has 55 heavy (non-hydrogen) atoms. The van der Waals surface area contributed by atoms with Crippen molar-refractivity contribution >= 4 is 75.9 Å². The number of carbonyl (C=O) groups excluding carboxylic acids is 3. The predicted octanol–water partition coefficient (Wildman–Crippen LogP) is 7.84. The first kappa shape index (κ1) is 48.1. The number of thioether (sulfide) groups is 1. The number of hydrogen-bond acceptors (Lipinski definition) is 10. The smallest absolute Gasteiger partial charge is 0.336 e. The number of carboxylic acid groups (broad SMARTS) is 3. The highest BCUT2D eigenvalue weighted by Gasteiger charge is 2.18. The molecule has 0 bridgehead atoms. The Bertz CT molecular complexity index is 1950. The number of alkyl halides is 1. The minimum atomic E-state index is -1.10. The molecule has 15 heteroatoms. The van der Waals surface area contributed by atoms with E-state index in [4.69, 9.17) is 10.3 Å². The number of ether oxygens (including phenoxy) is 1. The Morgan fingerprint density at radius 2 is 1.24 bits per heavy atom. The summed E-state index contributed by atoms with van der Waals surface area (Å²) in [6, 6.07) is 23.6. The van der Waals surface area contributed by atoms with E-state index in [0.29, 0.717) is 64.1 Å². The van der Waals surface area contributed by atoms with Crippen LogP contribution in [0.1, 0.15) is 73.8 Å². The van der Waals surface area contributed by atoms with Crippen LogP contribution in [0.15, 0.2) is 84.9 Å². The first-order chi connectivity index (χ1) is 25.8. The lowest BCUT2D eigenvalue weighted by atomic mass is 9.93. The summed E-state index contributed by atoms with van der Waals surface area (Å²) in [4.78, 5) is 67.2. The van der Waals surface area contributed by atoms with Crippen molar-refractivity contribution < 1.29 is 54.0 Å². The largest absolute Gasteiger partial charge is 0.478 e. The standard InChI is InChI=1S/C18H17NO6S.C17H16O3S.C4H7BrO2.CH4/c20-15(19-25)10-26-8-7-11-3-2-6-14(16(11)18(23)24)12-4-1-5-13(9-12)17(21)22;1-11(18)13-5-2-6-14(10-13)15-7-3-4-12(8-9-21)16(15)17(19)20;1-2-7-4(6)3-5;/h1-6,9,25H,7-8,10H2,(H,19,20)(H,21,22)(H,23,24);2-7,10,21H,8-9H2,1H3,(H,19,20);2-3H2,1H3;1H4. The first-order valence-electron chi connectivity index (χ1n) is 16.3. The van der Waals surface area contributed by atoms with Gasteiger partial charge in [0.25, 0.3) is 5.91 Å². The Morgan fingerprint density at radius 3 is 1.65 bits per heavy atom. The summed E-state index contributed by atoms with van der Waals surface area (Å²) < 4.78 is 4.51. The van der Waals surface area contributed by atoms with Crippen molar-refractivity contribution in [2.75, 3.05) is 29.2 Å². The van der Waals surface area contributed by atoms with Gasteiger partial charge in [-0.2, -0.15) is 24.4 Å². The number of hydrogen-bond donors (Lipinski definition) is 6. The van der Waals surface area contributed by atoms with E-state index in [0.717, 1.165) is 11.1 Å². The molecule has 0 heterocycles. The lowest BCUT2D eigenvalue weighted by Crippen LogP contribution is -2.20. The van der Waals surface area contributed by atoms with Crippen LogP contribution in [0, 0.1) is 0 Å². The molecule has 4 rings (SSSR count). The first-order valence-corrected chi connectivity index (χ1v) is 19.2. The van der Waals surface area contributed by atoms with Gasteiger partial charge in [0.15, 0.2) is 5.78 Å². The number of nitrogens with one attached hydrogen (secondary N) is 1. The molecule has 0 aliphatic carbocycles. The molecule has 0 radical (unpaired) electrons. The summed E-state index contributed by atoms with van der Waals surface area (Å²) in [7, 11) is 0. The van der Waals surface area contributed by atoms with E-state index in [-0.39, 0.29) is 41.6 Å². The molecular weight excluding hydrogens is 814 g/mol. The normalized spacial score (nSPS) is 9.91. The number of aryl methyl sites for hydroxylation is 2. The van der Waals surface area contributed by atoms with Gasteiger partial charge in [-0.15, -0.1) is 0 Å². The van der Waals surface area contributed by atoms with Crippen LogP contribution in [0.4, 0.5) is 0 Å². The fourth-order valence-corrected chi connectivity index (χ4v) is 6.19. The number of hydroxylamine groups is 1. The second-order valence-corrected chi connectivity index (χ2v) is 13.2. The number of ketones is 1. The fourth-order valence-electron chi connectivity index (χ4n) is 5.03. The third-order valence-electron chi connectivity index (χ3n) is 7.40. The number of amides is 1. The Morgan fingerprint density at radius 1 is 0.745 bits per heavy atom. The number of Topliss-reactive ketones (excluding diaryl/α,β-unsaturated/α-hetero) is 1. The molecule has 12 nitrogen and oxygen atoms in total. The lowest BCUT2D eigenvalue weighted by Gasteiger charge is -2.12. The molecule has 5 N–H and O–H groups in total. The number of aromatic carboxylic acids is 3. The molecule has 0 spiro atoms. The molecule has 0 aliphatic heterocycles. The molecule has 0 unspecified atom stereocenters. The van der Waals surface area contributed by atoms with E-state index in [1.165, 1.54) is 36.3 Å². The Labute approximate surface area is 337 Å². The number of thiol groups is 1. The Hall–Kier alpha value is -4.96. The van der Waals surface area contributed by atoms with Gasteiger partial charge in [0.05, 0.1) is 29.1 Å². The Balaban J connectivity index is 0.000000468. The monoisotopic (exact) mass is 857 g/mol. The summed E-state index contributed by atoms with van der Waals surface area (Å²) in [6.45, 7) is 3.74. The molecular formula is C40H44BrNO11S2. The maximum Gasteiger partial charge on any atom is 0.336 e. The van der Waals surface area contributed by atoms with Crippen molar-refractivity contribution in [1.82, 2.24) is 5.48 Å². The topological polar surface area (TPSA) is 205 Å². The minimum Gasteiger partial charge on any atom is -0.478 e. The van der Waals surface area contributed by atoms with Gasteiger partial charge in [0.2, 0.25) is 0 Å². The summed E-state index contributed by atoms with van der Waals surface area (Å²) >= 11 is 8.38. The zero-order valence-corrected chi connectivity index (χ0v) is 32.7. The highest BCUT2D eigenvalue weighted by molar-refractivity contribution is 9.09. The molecule has 0 atom stereocenters. The van der Waals surface area contributed by atoms with Gasteiger partial charge in [-0.3, -0.25) is 19.6 Å². The molecule has 0 aliphatic rings. The third-order valence-corrected chi connectivity index (χ3v) is 9.04. The zero-order chi connectivity index (χ0) is 40.2. The fraction of sp³-hybridized carbons (Fsp3) is 0.250. The number of carboxylic acids is 3. The van der Waals surface area contributed by atoms with Gasteiger partial charge in [0.1, 0.15) is 5.33 Å². The van der Waals surface area contributed by atoms with Crippen LogP contribution in [0.2, 0.25) is 0 Å². The van der Waals surface area contributed by atoms with Crippen LogP contribution in [-0.2, 0) is 27.2 Å². The van der Waals surface area contributed by atoms with Crippen molar-refractivity contribution in [3.05, 3.63) is 118 Å². The summed E-state index contributed by atoms with van der Waals surface area (Å²) in [5, 5.41) is 37.1. The molecule has 0 saturated heterocycles. The average molecular weight is 859 g/mol. The quantitative estimate of drug-likeness (QED) is 0.0129. The molecule has 0 fully saturated rings. The number of benzene rings is 4. The van der Waals surface area contributed by atoms with Crippen molar-refractivity contribution in [3.8, 4) is 22.3 Å². The summed E-state index contributed by atoms with van der Waals surface area (Å²) in [5.41, 5.74) is 6.25. The van der Waals surface area contributed by atoms with E-state index >= 15 is 0 Å². The predicted molar refractivity (Wildman–Crippen MR) is 220 cm³/mol. The summed E-state index contributed by atoms with van der Waals surface area (Å²) in [6.07, 6.45) is 1.00. The van der Waals surface area contributed by atoms with Crippen LogP contribution >= 0.6 is 40.3 Å². The zero-order valence-electron chi connectivity index (χ0n) is 29.4. The van der Waals surface area contributed by atoms with Crippen molar-refractivity contribution in [2.45, 2.75) is 34.1 Å². The van der Waals surface area contributed by atoms with Crippen molar-refractivity contribution in [2.24, 2.45) is 0 Å². The van der Waals surface area contributed by atoms with Crippen LogP contribution in [-0.4, -0.2) is 85.3 Å². The van der Waals surface area contributed by atoms with Crippen LogP contribution in [0.3, 0.4) is 0 Å². The molecule has 0 aromatic heterocycles. The maximum atomic E-state index is 11.8. The third kappa shape index (κ3) is 15.4. The van der Waals surface area contributed by atoms with Crippen molar-refractivity contribution in [1.29, 1.82) is 0 Å². The van der Waals surface area contributed by atoms with E-state index in [1.54, 1.807) is 67.6 Å². The molecule has 1 amide bonds. The SMILES string of the molecule is C.CC(=O)c1cccc(-c2cccc(CCS)c2C(=O)O)c1.CCOC(=O)CBr.O=C(CSCCc1cccc(-c2cccc(C(=O)O)c2)c1C(=O)O)NO. The average Bonchev–Trinajstić information content (AvgIpc) is 3.16. The Kier molecular flexibility index (Phi) is 22.0. The summed E-state index contributed by atoms with van der Waals surface area (Å²) in [5.74, 6) is -2.78. The number of carbonyl (C=O) groups is 6. The van der Waals surface area contributed by atoms with Crippen LogP contribution in [0.25, 0.3) is 22.3 Å². The van der Waals surface area contributed by atoms with E-state index in [9.17, 15) is 39.0 Å². The molecule has 294 valence electrons. The van der Waals surface area contributed by atoms with Gasteiger partial charge in [-0.25, -0.2) is 19.9 Å². The van der Waals surface area contributed by atoms with Gasteiger partial charge in [0, 0.05) is 5.56 Å². The second-order valence-electron chi connectivity index (χ2n) is 11.1. The van der Waals surface area contributed by atoms with Gasteiger partial charge >= 0.3 is 23.9 Å². The minimum absolute atomic E-state index is 0. The van der Waals surface area contributed by atoms with Gasteiger partial charge in [-0.05, 0) is 89.8 Å². The highest BCUT2D eigenvalue weighted by atomic mass is 79.9. The second kappa shape index (κ2) is 25.2. The van der Waals surface area contributed by atoms with Gasteiger partial charge in [-0.1, -0.05) is 90.1 Å². The van der Waals surface area contributed by atoms with E-state index in [1.807, 2.05) is 12.1 Å². The number of halogens is 1. The molecule has 4 aromatic rings. The number of esters is 1. The highest BCUT2D eigenvalue weighted by Crippen LogP contribution is 2.29. The number of rotatable bonds is 15. The molecule has 0 saturated carbocycles. The van der Waals surface area contributed by atoms with Crippen LogP contribution in [0.5, 0.6) is 0 Å². The van der Waals surface area contributed by atoms with E-state index < -0.39 is 23.8 Å². The van der Waals surface area contributed by atoms with Gasteiger partial charge < -0.3 is 20.1 Å². The maximum absolute atomic E-state index is 11.8. The molecule has 4 aromatic carbocycles. The van der Waals surface area contributed by atoms with E-state index in [2.05, 4.69) is 33.3 Å². The van der Waals surface area contributed by atoms with Crippen LogP contribution < -0.4 is 5.48 Å². The van der Waals surface area contributed by atoms with Crippen molar-refractivity contribution in [3.63, 3.8) is 0 Å². The lowest BCUT2D eigenvalue weighted by molar-refractivity contribution is -0.139.